The van der Waals surface area contributed by atoms with Gasteiger partial charge in [0.1, 0.15) is 0 Å². The summed E-state index contributed by atoms with van der Waals surface area (Å²) in [6.45, 7) is -0.637. The summed E-state index contributed by atoms with van der Waals surface area (Å²) in [5.74, 6) is -2.29. The van der Waals surface area contributed by atoms with E-state index in [0.717, 1.165) is 5.39 Å². The van der Waals surface area contributed by atoms with Gasteiger partial charge < -0.3 is 10.6 Å². The zero-order valence-corrected chi connectivity index (χ0v) is 8.90. The molecule has 0 atom stereocenters. The maximum Gasteiger partial charge on any atom is 0.282 e. The van der Waals surface area contributed by atoms with Crippen molar-refractivity contribution in [1.29, 1.82) is 0 Å². The molecular formula is C11H10F2N4. The highest BCUT2D eigenvalue weighted by atomic mass is 19.3. The van der Waals surface area contributed by atoms with Crippen LogP contribution in [0.4, 0.5) is 20.4 Å². The lowest BCUT2D eigenvalue weighted by Crippen LogP contribution is -2.57. The van der Waals surface area contributed by atoms with Crippen molar-refractivity contribution in [2.24, 2.45) is 0 Å². The number of nitrogens with two attached hydrogens (primary N) is 1. The maximum atomic E-state index is 12.7. The molecule has 6 heteroatoms. The van der Waals surface area contributed by atoms with Crippen LogP contribution < -0.4 is 10.6 Å². The first kappa shape index (κ1) is 10.2. The molecule has 0 spiro atoms. The molecule has 0 saturated carbocycles. The molecule has 2 heterocycles. The van der Waals surface area contributed by atoms with Crippen LogP contribution in [0.2, 0.25) is 0 Å². The second-order valence-corrected chi connectivity index (χ2v) is 4.16. The summed E-state index contributed by atoms with van der Waals surface area (Å²) in [6.07, 6.45) is 1.57. The third-order valence-electron chi connectivity index (χ3n) is 2.77. The topological polar surface area (TPSA) is 55.0 Å². The molecule has 0 unspecified atom stereocenters. The highest BCUT2D eigenvalue weighted by Crippen LogP contribution is 2.30. The van der Waals surface area contributed by atoms with Crippen LogP contribution >= 0.6 is 0 Å². The minimum Gasteiger partial charge on any atom is -0.398 e. The summed E-state index contributed by atoms with van der Waals surface area (Å²) in [4.78, 5) is 9.73. The smallest absolute Gasteiger partial charge is 0.282 e. The molecule has 1 saturated heterocycles. The summed E-state index contributed by atoms with van der Waals surface area (Å²) in [7, 11) is 0. The number of hydrogen-bond acceptors (Lipinski definition) is 4. The van der Waals surface area contributed by atoms with Crippen LogP contribution in [-0.4, -0.2) is 29.0 Å². The molecule has 17 heavy (non-hydrogen) atoms. The molecule has 4 nitrogen and oxygen atoms in total. The molecule has 1 aliphatic heterocycles. The van der Waals surface area contributed by atoms with Crippen molar-refractivity contribution < 1.29 is 8.78 Å². The number of rotatable bonds is 1. The minimum absolute atomic E-state index is 0.319. The largest absolute Gasteiger partial charge is 0.398 e. The Balaban J connectivity index is 1.98. The summed E-state index contributed by atoms with van der Waals surface area (Å²) in [5.41, 5.74) is 7.02. The van der Waals surface area contributed by atoms with Gasteiger partial charge in [0.15, 0.2) is 0 Å². The highest BCUT2D eigenvalue weighted by molar-refractivity contribution is 5.89. The number of benzene rings is 1. The normalized spacial score (nSPS) is 18.1. The molecule has 2 aromatic rings. The lowest BCUT2D eigenvalue weighted by molar-refractivity contribution is -0.0271. The molecule has 0 radical (unpaired) electrons. The third-order valence-corrected chi connectivity index (χ3v) is 2.77. The quantitative estimate of drug-likeness (QED) is 0.765. The molecule has 0 amide bonds. The Morgan fingerprint density at radius 1 is 1.29 bits per heavy atom. The van der Waals surface area contributed by atoms with Gasteiger partial charge in [0, 0.05) is 17.3 Å². The van der Waals surface area contributed by atoms with Gasteiger partial charge in [-0.1, -0.05) is 6.07 Å². The van der Waals surface area contributed by atoms with Gasteiger partial charge in [-0.05, 0) is 12.1 Å². The Labute approximate surface area is 96.1 Å². The standard InChI is InChI=1S/C11H10F2N4/c12-11(13)5-17(6-11)10-15-4-7-8(14)2-1-3-9(7)16-10/h1-4H,5-6,14H2. The SMILES string of the molecule is Nc1cccc2nc(N3CC(F)(F)C3)ncc12. The van der Waals surface area contributed by atoms with Crippen molar-refractivity contribution in [2.75, 3.05) is 23.7 Å². The number of halogens is 2. The Morgan fingerprint density at radius 2 is 2.06 bits per heavy atom. The van der Waals surface area contributed by atoms with E-state index in [-0.39, 0.29) is 13.1 Å². The van der Waals surface area contributed by atoms with Crippen molar-refractivity contribution in [3.05, 3.63) is 24.4 Å². The number of alkyl halides is 2. The average Bonchev–Trinajstić information content (AvgIpc) is 2.25. The Morgan fingerprint density at radius 3 is 2.76 bits per heavy atom. The van der Waals surface area contributed by atoms with Crippen molar-refractivity contribution in [2.45, 2.75) is 5.92 Å². The van der Waals surface area contributed by atoms with E-state index in [1.54, 1.807) is 24.4 Å². The monoisotopic (exact) mass is 236 g/mol. The molecule has 2 N–H and O–H groups in total. The van der Waals surface area contributed by atoms with Gasteiger partial charge in [-0.25, -0.2) is 18.7 Å². The second-order valence-electron chi connectivity index (χ2n) is 4.16. The summed E-state index contributed by atoms with van der Waals surface area (Å²) >= 11 is 0. The molecule has 88 valence electrons. The van der Waals surface area contributed by atoms with Gasteiger partial charge in [0.05, 0.1) is 18.6 Å². The first-order valence-electron chi connectivity index (χ1n) is 5.19. The van der Waals surface area contributed by atoms with E-state index >= 15 is 0 Å². The Bertz CT molecular complexity index is 577. The number of nitrogen functional groups attached to an aromatic ring is 1. The van der Waals surface area contributed by atoms with Crippen LogP contribution in [0.25, 0.3) is 10.9 Å². The molecule has 0 bridgehead atoms. The van der Waals surface area contributed by atoms with E-state index in [9.17, 15) is 8.78 Å². The number of aromatic nitrogens is 2. The third kappa shape index (κ3) is 1.65. The van der Waals surface area contributed by atoms with Gasteiger partial charge >= 0.3 is 0 Å². The van der Waals surface area contributed by atoms with Crippen molar-refractivity contribution >= 4 is 22.5 Å². The van der Waals surface area contributed by atoms with Gasteiger partial charge in [-0.2, -0.15) is 0 Å². The predicted octanol–water partition coefficient (Wildman–Crippen LogP) is 1.67. The molecule has 1 fully saturated rings. The number of nitrogens with zero attached hydrogens (tertiary/aromatic N) is 3. The van der Waals surface area contributed by atoms with E-state index < -0.39 is 5.92 Å². The summed E-state index contributed by atoms with van der Waals surface area (Å²) in [5, 5.41) is 0.739. The lowest BCUT2D eigenvalue weighted by Gasteiger charge is -2.38. The highest BCUT2D eigenvalue weighted by Gasteiger charge is 2.45. The summed E-state index contributed by atoms with van der Waals surface area (Å²) < 4.78 is 25.5. The van der Waals surface area contributed by atoms with Crippen molar-refractivity contribution in [3.63, 3.8) is 0 Å². The zero-order chi connectivity index (χ0) is 12.0. The Hall–Kier alpha value is -1.98. The van der Waals surface area contributed by atoms with E-state index in [2.05, 4.69) is 9.97 Å². The first-order chi connectivity index (χ1) is 8.05. The predicted molar refractivity (Wildman–Crippen MR) is 61.1 cm³/mol. The van der Waals surface area contributed by atoms with Crippen LogP contribution in [0.5, 0.6) is 0 Å². The molecule has 1 aromatic heterocycles. The fourth-order valence-electron chi connectivity index (χ4n) is 1.87. The van der Waals surface area contributed by atoms with E-state index in [1.807, 2.05) is 0 Å². The fraction of sp³-hybridized carbons (Fsp3) is 0.273. The van der Waals surface area contributed by atoms with E-state index in [1.165, 1.54) is 4.90 Å². The average molecular weight is 236 g/mol. The van der Waals surface area contributed by atoms with Crippen molar-refractivity contribution in [1.82, 2.24) is 9.97 Å². The van der Waals surface area contributed by atoms with Gasteiger partial charge in [-0.3, -0.25) is 0 Å². The molecule has 1 aromatic carbocycles. The minimum atomic E-state index is -2.62. The van der Waals surface area contributed by atoms with Crippen LogP contribution in [0.15, 0.2) is 24.4 Å². The number of anilines is 2. The van der Waals surface area contributed by atoms with E-state index in [0.29, 0.717) is 17.2 Å². The fourth-order valence-corrected chi connectivity index (χ4v) is 1.87. The van der Waals surface area contributed by atoms with E-state index in [4.69, 9.17) is 5.73 Å². The second kappa shape index (κ2) is 3.26. The van der Waals surface area contributed by atoms with Crippen LogP contribution in [0.1, 0.15) is 0 Å². The first-order valence-corrected chi connectivity index (χ1v) is 5.19. The molecular weight excluding hydrogens is 226 g/mol. The van der Waals surface area contributed by atoms with Gasteiger partial charge in [0.25, 0.3) is 5.92 Å². The van der Waals surface area contributed by atoms with Crippen molar-refractivity contribution in [3.8, 4) is 0 Å². The van der Waals surface area contributed by atoms with Crippen LogP contribution in [0.3, 0.4) is 0 Å². The number of fused-ring (bicyclic) bond motifs is 1. The molecule has 3 rings (SSSR count). The molecule has 1 aliphatic rings. The lowest BCUT2D eigenvalue weighted by atomic mass is 10.1. The van der Waals surface area contributed by atoms with Crippen LogP contribution in [0, 0.1) is 0 Å². The Kier molecular flexibility index (Phi) is 1.95. The zero-order valence-electron chi connectivity index (χ0n) is 8.90. The maximum absolute atomic E-state index is 12.7. The number of hydrogen-bond donors (Lipinski definition) is 1. The van der Waals surface area contributed by atoms with Gasteiger partial charge in [-0.15, -0.1) is 0 Å². The van der Waals surface area contributed by atoms with Crippen LogP contribution in [-0.2, 0) is 0 Å². The summed E-state index contributed by atoms with van der Waals surface area (Å²) in [6, 6.07) is 5.32. The van der Waals surface area contributed by atoms with Gasteiger partial charge in [0.2, 0.25) is 5.95 Å². The molecule has 0 aliphatic carbocycles.